The fraction of sp³-hybridized carbons (Fsp3) is 0.0455. The summed E-state index contributed by atoms with van der Waals surface area (Å²) >= 11 is 0. The first kappa shape index (κ1) is 16.7. The van der Waals surface area contributed by atoms with Crippen LogP contribution in [0.1, 0.15) is 36.6 Å². The van der Waals surface area contributed by atoms with Gasteiger partial charge in [0.25, 0.3) is 11.8 Å². The second kappa shape index (κ2) is 6.88. The van der Waals surface area contributed by atoms with Crippen LogP contribution in [0, 0.1) is 0 Å². The largest absolute Gasteiger partial charge is 0.473 e. The molecule has 0 fully saturated rings. The molecule has 2 amide bonds. The van der Waals surface area contributed by atoms with Gasteiger partial charge in [-0.1, -0.05) is 42.5 Å². The Hall–Kier alpha value is -3.73. The van der Waals surface area contributed by atoms with Crippen molar-refractivity contribution < 1.29 is 19.1 Å². The van der Waals surface area contributed by atoms with Crippen molar-refractivity contribution in [3.8, 4) is 5.75 Å². The molecule has 0 saturated carbocycles. The Labute approximate surface area is 155 Å². The predicted molar refractivity (Wildman–Crippen MR) is 98.8 cm³/mol. The lowest BCUT2D eigenvalue weighted by atomic mass is 10.0. The van der Waals surface area contributed by atoms with Crippen LogP contribution in [0.4, 0.5) is 0 Å². The molecule has 0 aromatic heterocycles. The molecule has 1 aliphatic heterocycles. The smallest absolute Gasteiger partial charge is 0.264 e. The minimum absolute atomic E-state index is 0.0810. The zero-order chi connectivity index (χ0) is 18.8. The van der Waals surface area contributed by atoms with Gasteiger partial charge in [0.15, 0.2) is 12.5 Å². The molecule has 5 nitrogen and oxygen atoms in total. The second-order valence-electron chi connectivity index (χ2n) is 6.08. The number of fused-ring (bicyclic) bond motifs is 1. The predicted octanol–water partition coefficient (Wildman–Crippen LogP) is 3.55. The number of hydrogen-bond acceptors (Lipinski definition) is 4. The van der Waals surface area contributed by atoms with Gasteiger partial charge in [0.1, 0.15) is 5.75 Å². The van der Waals surface area contributed by atoms with Gasteiger partial charge in [0.05, 0.1) is 11.1 Å². The van der Waals surface area contributed by atoms with Crippen molar-refractivity contribution in [3.63, 3.8) is 0 Å². The Morgan fingerprint density at radius 1 is 0.704 bits per heavy atom. The van der Waals surface area contributed by atoms with Gasteiger partial charge < -0.3 is 4.74 Å². The first-order valence-electron chi connectivity index (χ1n) is 8.43. The number of imide groups is 1. The number of ether oxygens (including phenoxy) is 1. The first-order chi connectivity index (χ1) is 13.1. The van der Waals surface area contributed by atoms with Crippen molar-refractivity contribution in [2.45, 2.75) is 0 Å². The van der Waals surface area contributed by atoms with Crippen LogP contribution in [0.5, 0.6) is 5.75 Å². The van der Waals surface area contributed by atoms with E-state index in [0.29, 0.717) is 28.0 Å². The lowest BCUT2D eigenvalue weighted by molar-refractivity contribution is 0.0522. The molecule has 27 heavy (non-hydrogen) atoms. The number of nitrogens with zero attached hydrogens (tertiary/aromatic N) is 1. The molecule has 0 spiro atoms. The molecule has 4 rings (SSSR count). The van der Waals surface area contributed by atoms with E-state index in [0.717, 1.165) is 4.90 Å². The molecule has 132 valence electrons. The number of ketones is 1. The van der Waals surface area contributed by atoms with Crippen LogP contribution >= 0.6 is 0 Å². The average Bonchev–Trinajstić information content (AvgIpc) is 2.97. The van der Waals surface area contributed by atoms with E-state index < -0.39 is 0 Å². The minimum Gasteiger partial charge on any atom is -0.473 e. The third-order valence-electron chi connectivity index (χ3n) is 4.39. The van der Waals surface area contributed by atoms with Crippen LogP contribution in [0.2, 0.25) is 0 Å². The lowest BCUT2D eigenvalue weighted by Gasteiger charge is -2.15. The molecule has 5 heteroatoms. The van der Waals surface area contributed by atoms with Crippen LogP contribution < -0.4 is 4.74 Å². The molecule has 0 saturated heterocycles. The third kappa shape index (κ3) is 3.11. The molecular weight excluding hydrogens is 342 g/mol. The Balaban J connectivity index is 1.44. The molecule has 0 radical (unpaired) electrons. The van der Waals surface area contributed by atoms with Crippen molar-refractivity contribution >= 4 is 17.6 Å². The number of carbonyl (C=O) groups excluding carboxylic acids is 3. The van der Waals surface area contributed by atoms with E-state index in [2.05, 4.69) is 0 Å². The summed E-state index contributed by atoms with van der Waals surface area (Å²) in [5.74, 6) is -0.350. The molecule has 0 unspecified atom stereocenters. The molecule has 0 N–H and O–H groups in total. The van der Waals surface area contributed by atoms with Gasteiger partial charge >= 0.3 is 0 Å². The summed E-state index contributed by atoms with van der Waals surface area (Å²) < 4.78 is 5.58. The number of benzene rings is 3. The number of amides is 2. The summed E-state index contributed by atoms with van der Waals surface area (Å²) in [6.07, 6.45) is 0. The molecule has 0 atom stereocenters. The molecule has 1 aliphatic rings. The van der Waals surface area contributed by atoms with Crippen molar-refractivity contribution in [1.29, 1.82) is 0 Å². The first-order valence-corrected chi connectivity index (χ1v) is 8.43. The maximum absolute atomic E-state index is 12.4. The van der Waals surface area contributed by atoms with E-state index in [9.17, 15) is 14.4 Å². The van der Waals surface area contributed by atoms with E-state index >= 15 is 0 Å². The highest BCUT2D eigenvalue weighted by Gasteiger charge is 2.35. The van der Waals surface area contributed by atoms with E-state index in [4.69, 9.17) is 4.74 Å². The maximum atomic E-state index is 12.4. The molecule has 0 aliphatic carbocycles. The van der Waals surface area contributed by atoms with Crippen LogP contribution in [0.15, 0.2) is 78.9 Å². The SMILES string of the molecule is O=C(c1ccccc1)c1ccc(OCN2C(=O)c3ccccc3C2=O)cc1. The second-order valence-corrected chi connectivity index (χ2v) is 6.08. The van der Waals surface area contributed by atoms with Crippen molar-refractivity contribution in [2.24, 2.45) is 0 Å². The lowest BCUT2D eigenvalue weighted by Crippen LogP contribution is -2.33. The van der Waals surface area contributed by atoms with E-state index in [-0.39, 0.29) is 24.3 Å². The summed E-state index contributed by atoms with van der Waals surface area (Å²) in [4.78, 5) is 38.1. The average molecular weight is 357 g/mol. The summed E-state index contributed by atoms with van der Waals surface area (Å²) in [5, 5.41) is 0. The van der Waals surface area contributed by atoms with Gasteiger partial charge in [-0.25, -0.2) is 4.90 Å². The van der Waals surface area contributed by atoms with Crippen LogP contribution in [-0.2, 0) is 0 Å². The van der Waals surface area contributed by atoms with Crippen LogP contribution in [-0.4, -0.2) is 29.2 Å². The summed E-state index contributed by atoms with van der Waals surface area (Å²) in [6.45, 7) is -0.182. The topological polar surface area (TPSA) is 63.7 Å². The standard InChI is InChI=1S/C22H15NO4/c24-20(15-6-2-1-3-7-15)16-10-12-17(13-11-16)27-14-23-21(25)18-8-4-5-9-19(18)22(23)26/h1-13H,14H2. The Bertz CT molecular complexity index is 991. The van der Waals surface area contributed by atoms with E-state index in [1.54, 1.807) is 60.7 Å². The van der Waals surface area contributed by atoms with Crippen molar-refractivity contribution in [2.75, 3.05) is 6.73 Å². The van der Waals surface area contributed by atoms with Gasteiger partial charge in [-0.3, -0.25) is 14.4 Å². The fourth-order valence-electron chi connectivity index (χ4n) is 2.95. The quantitative estimate of drug-likeness (QED) is 0.517. The highest BCUT2D eigenvalue weighted by atomic mass is 16.5. The van der Waals surface area contributed by atoms with Gasteiger partial charge in [-0.05, 0) is 36.4 Å². The van der Waals surface area contributed by atoms with Crippen LogP contribution in [0.3, 0.4) is 0 Å². The maximum Gasteiger partial charge on any atom is 0.264 e. The monoisotopic (exact) mass is 357 g/mol. The normalized spacial score (nSPS) is 12.8. The molecular formula is C22H15NO4. The molecule has 3 aromatic rings. The van der Waals surface area contributed by atoms with Crippen molar-refractivity contribution in [1.82, 2.24) is 4.90 Å². The number of carbonyl (C=O) groups is 3. The molecule has 3 aromatic carbocycles. The van der Waals surface area contributed by atoms with Gasteiger partial charge in [-0.2, -0.15) is 0 Å². The van der Waals surface area contributed by atoms with E-state index in [1.807, 2.05) is 18.2 Å². The van der Waals surface area contributed by atoms with Gasteiger partial charge in [-0.15, -0.1) is 0 Å². The van der Waals surface area contributed by atoms with Crippen LogP contribution in [0.25, 0.3) is 0 Å². The number of hydrogen-bond donors (Lipinski definition) is 0. The highest BCUT2D eigenvalue weighted by Crippen LogP contribution is 2.23. The summed E-state index contributed by atoms with van der Waals surface area (Å²) in [6, 6.07) is 22.3. The van der Waals surface area contributed by atoms with Gasteiger partial charge in [0.2, 0.25) is 0 Å². The van der Waals surface area contributed by atoms with Gasteiger partial charge in [0, 0.05) is 11.1 Å². The number of rotatable bonds is 5. The zero-order valence-corrected chi connectivity index (χ0v) is 14.3. The third-order valence-corrected chi connectivity index (χ3v) is 4.39. The molecule has 1 heterocycles. The Kier molecular flexibility index (Phi) is 4.26. The zero-order valence-electron chi connectivity index (χ0n) is 14.3. The Morgan fingerprint density at radius 3 is 1.81 bits per heavy atom. The fourth-order valence-corrected chi connectivity index (χ4v) is 2.95. The summed E-state index contributed by atoms with van der Waals surface area (Å²) in [5.41, 5.74) is 1.91. The van der Waals surface area contributed by atoms with E-state index in [1.165, 1.54) is 0 Å². The van der Waals surface area contributed by atoms with Crippen molar-refractivity contribution in [3.05, 3.63) is 101 Å². The Morgan fingerprint density at radius 2 is 1.22 bits per heavy atom. The highest BCUT2D eigenvalue weighted by molar-refractivity contribution is 6.21. The summed E-state index contributed by atoms with van der Waals surface area (Å²) in [7, 11) is 0. The molecule has 0 bridgehead atoms. The minimum atomic E-state index is -0.369.